The normalized spacial score (nSPS) is 10.8. The third-order valence-corrected chi connectivity index (χ3v) is 3.14. The van der Waals surface area contributed by atoms with Crippen LogP contribution >= 0.6 is 0 Å². The Labute approximate surface area is 110 Å². The van der Waals surface area contributed by atoms with E-state index in [0.29, 0.717) is 12.0 Å². The molecule has 0 spiro atoms. The minimum absolute atomic E-state index is 0.597. The topological polar surface area (TPSA) is 47.3 Å². The third-order valence-electron chi connectivity index (χ3n) is 3.14. The van der Waals surface area contributed by atoms with Crippen LogP contribution in [0.2, 0.25) is 0 Å². The Morgan fingerprint density at radius 3 is 2.84 bits per heavy atom. The SMILES string of the molecule is Cc1ccccc1Cc1nc2ccc(C=O)cn2n1. The Balaban J connectivity index is 1.98. The van der Waals surface area contributed by atoms with E-state index in [4.69, 9.17) is 0 Å². The van der Waals surface area contributed by atoms with Crippen LogP contribution in [0.4, 0.5) is 0 Å². The fourth-order valence-corrected chi connectivity index (χ4v) is 2.07. The Bertz CT molecular complexity index is 746. The molecule has 0 aliphatic carbocycles. The number of fused-ring (bicyclic) bond motifs is 1. The summed E-state index contributed by atoms with van der Waals surface area (Å²) in [6, 6.07) is 11.7. The number of hydrogen-bond acceptors (Lipinski definition) is 3. The van der Waals surface area contributed by atoms with Gasteiger partial charge in [0, 0.05) is 18.2 Å². The molecule has 0 saturated heterocycles. The predicted molar refractivity (Wildman–Crippen MR) is 72.4 cm³/mol. The molecule has 19 heavy (non-hydrogen) atoms. The molecule has 94 valence electrons. The van der Waals surface area contributed by atoms with E-state index in [0.717, 1.165) is 17.8 Å². The van der Waals surface area contributed by atoms with E-state index in [1.807, 2.05) is 12.1 Å². The van der Waals surface area contributed by atoms with Crippen molar-refractivity contribution < 1.29 is 4.79 Å². The fourth-order valence-electron chi connectivity index (χ4n) is 2.07. The molecule has 4 heteroatoms. The van der Waals surface area contributed by atoms with Crippen LogP contribution in [0.15, 0.2) is 42.6 Å². The lowest BCUT2D eigenvalue weighted by molar-refractivity contribution is 0.112. The number of nitrogens with zero attached hydrogens (tertiary/aromatic N) is 3. The van der Waals surface area contributed by atoms with Gasteiger partial charge in [-0.2, -0.15) is 5.10 Å². The van der Waals surface area contributed by atoms with Crippen molar-refractivity contribution in [2.24, 2.45) is 0 Å². The van der Waals surface area contributed by atoms with Crippen molar-refractivity contribution in [1.82, 2.24) is 14.6 Å². The second-order valence-electron chi connectivity index (χ2n) is 4.51. The Morgan fingerprint density at radius 2 is 2.05 bits per heavy atom. The lowest BCUT2D eigenvalue weighted by Crippen LogP contribution is -1.94. The zero-order chi connectivity index (χ0) is 13.2. The smallest absolute Gasteiger partial charge is 0.156 e. The number of aromatic nitrogens is 3. The molecule has 1 aromatic carbocycles. The van der Waals surface area contributed by atoms with Crippen molar-refractivity contribution >= 4 is 11.9 Å². The maximum absolute atomic E-state index is 10.7. The highest BCUT2D eigenvalue weighted by atomic mass is 16.1. The van der Waals surface area contributed by atoms with Gasteiger partial charge in [-0.1, -0.05) is 24.3 Å². The van der Waals surface area contributed by atoms with Gasteiger partial charge in [-0.3, -0.25) is 4.79 Å². The molecule has 0 bridgehead atoms. The zero-order valence-corrected chi connectivity index (χ0v) is 10.6. The first-order chi connectivity index (χ1) is 9.26. The van der Waals surface area contributed by atoms with E-state index < -0.39 is 0 Å². The van der Waals surface area contributed by atoms with Crippen LogP contribution in [-0.4, -0.2) is 20.9 Å². The summed E-state index contributed by atoms with van der Waals surface area (Å²) in [5.74, 6) is 0.761. The highest BCUT2D eigenvalue weighted by Crippen LogP contribution is 2.12. The van der Waals surface area contributed by atoms with Gasteiger partial charge in [0.05, 0.1) is 0 Å². The van der Waals surface area contributed by atoms with E-state index in [2.05, 4.69) is 29.1 Å². The number of rotatable bonds is 3. The van der Waals surface area contributed by atoms with E-state index in [1.165, 1.54) is 11.1 Å². The van der Waals surface area contributed by atoms with Gasteiger partial charge in [-0.25, -0.2) is 9.50 Å². The molecule has 0 unspecified atom stereocenters. The van der Waals surface area contributed by atoms with Gasteiger partial charge in [0.15, 0.2) is 17.8 Å². The van der Waals surface area contributed by atoms with Gasteiger partial charge in [-0.15, -0.1) is 0 Å². The van der Waals surface area contributed by atoms with Crippen molar-refractivity contribution in [2.75, 3.05) is 0 Å². The predicted octanol–water partition coefficient (Wildman–Crippen LogP) is 2.44. The number of hydrogen-bond donors (Lipinski definition) is 0. The van der Waals surface area contributed by atoms with E-state index in [1.54, 1.807) is 22.8 Å². The van der Waals surface area contributed by atoms with Crippen LogP contribution in [0.3, 0.4) is 0 Å². The minimum Gasteiger partial charge on any atom is -0.298 e. The van der Waals surface area contributed by atoms with Gasteiger partial charge in [0.1, 0.15) is 0 Å². The summed E-state index contributed by atoms with van der Waals surface area (Å²) >= 11 is 0. The first-order valence-electron chi connectivity index (χ1n) is 6.11. The number of pyridine rings is 1. The van der Waals surface area contributed by atoms with Crippen LogP contribution in [-0.2, 0) is 6.42 Å². The summed E-state index contributed by atoms with van der Waals surface area (Å²) in [5.41, 5.74) is 3.80. The minimum atomic E-state index is 0.597. The summed E-state index contributed by atoms with van der Waals surface area (Å²) in [6.07, 6.45) is 3.20. The highest BCUT2D eigenvalue weighted by molar-refractivity contribution is 5.74. The van der Waals surface area contributed by atoms with Gasteiger partial charge < -0.3 is 0 Å². The quantitative estimate of drug-likeness (QED) is 0.672. The molecule has 0 saturated carbocycles. The van der Waals surface area contributed by atoms with Gasteiger partial charge in [0.25, 0.3) is 0 Å². The molecule has 0 amide bonds. The van der Waals surface area contributed by atoms with Crippen LogP contribution in [0.25, 0.3) is 5.65 Å². The number of aryl methyl sites for hydroxylation is 1. The molecule has 3 aromatic rings. The molecule has 0 aliphatic heterocycles. The highest BCUT2D eigenvalue weighted by Gasteiger charge is 2.06. The molecule has 3 rings (SSSR count). The Morgan fingerprint density at radius 1 is 1.21 bits per heavy atom. The van der Waals surface area contributed by atoms with Gasteiger partial charge >= 0.3 is 0 Å². The second kappa shape index (κ2) is 4.65. The van der Waals surface area contributed by atoms with Crippen molar-refractivity contribution in [3.05, 3.63) is 65.1 Å². The summed E-state index contributed by atoms with van der Waals surface area (Å²) in [4.78, 5) is 15.2. The molecule has 0 radical (unpaired) electrons. The maximum Gasteiger partial charge on any atom is 0.156 e. The van der Waals surface area contributed by atoms with Crippen LogP contribution in [0.1, 0.15) is 27.3 Å². The van der Waals surface area contributed by atoms with Crippen LogP contribution in [0.5, 0.6) is 0 Å². The van der Waals surface area contributed by atoms with E-state index in [9.17, 15) is 4.79 Å². The monoisotopic (exact) mass is 251 g/mol. The molecule has 4 nitrogen and oxygen atoms in total. The van der Waals surface area contributed by atoms with Crippen LogP contribution < -0.4 is 0 Å². The van der Waals surface area contributed by atoms with E-state index in [-0.39, 0.29) is 0 Å². The maximum atomic E-state index is 10.7. The molecular weight excluding hydrogens is 238 g/mol. The Hall–Kier alpha value is -2.49. The summed E-state index contributed by atoms with van der Waals surface area (Å²) in [7, 11) is 0. The Kier molecular flexibility index (Phi) is 2.83. The fraction of sp³-hybridized carbons (Fsp3) is 0.133. The number of carbonyl (C=O) groups is 1. The average molecular weight is 251 g/mol. The number of aldehydes is 1. The largest absolute Gasteiger partial charge is 0.298 e. The third kappa shape index (κ3) is 2.25. The lowest BCUT2D eigenvalue weighted by atomic mass is 10.1. The zero-order valence-electron chi connectivity index (χ0n) is 10.6. The van der Waals surface area contributed by atoms with Crippen molar-refractivity contribution in [3.63, 3.8) is 0 Å². The summed E-state index contributed by atoms with van der Waals surface area (Å²) in [5, 5.41) is 4.40. The van der Waals surface area contributed by atoms with Gasteiger partial charge in [0.2, 0.25) is 0 Å². The molecule has 0 aliphatic rings. The van der Waals surface area contributed by atoms with E-state index >= 15 is 0 Å². The van der Waals surface area contributed by atoms with Gasteiger partial charge in [-0.05, 0) is 30.2 Å². The van der Waals surface area contributed by atoms with Crippen molar-refractivity contribution in [3.8, 4) is 0 Å². The first kappa shape index (κ1) is 11.6. The lowest BCUT2D eigenvalue weighted by Gasteiger charge is -2.01. The standard InChI is InChI=1S/C15H13N3O/c1-11-4-2-3-5-13(11)8-14-16-15-7-6-12(10-19)9-18(15)17-14/h2-7,9-10H,8H2,1H3. The molecule has 0 N–H and O–H groups in total. The molecule has 2 heterocycles. The number of benzene rings is 1. The van der Waals surface area contributed by atoms with Crippen molar-refractivity contribution in [2.45, 2.75) is 13.3 Å². The molecule has 2 aromatic heterocycles. The summed E-state index contributed by atoms with van der Waals surface area (Å²) in [6.45, 7) is 2.08. The number of carbonyl (C=O) groups excluding carboxylic acids is 1. The van der Waals surface area contributed by atoms with Crippen molar-refractivity contribution in [1.29, 1.82) is 0 Å². The average Bonchev–Trinajstić information content (AvgIpc) is 2.82. The second-order valence-corrected chi connectivity index (χ2v) is 4.51. The molecular formula is C15H13N3O. The first-order valence-corrected chi connectivity index (χ1v) is 6.11. The summed E-state index contributed by atoms with van der Waals surface area (Å²) < 4.78 is 1.65. The molecule has 0 atom stereocenters. The molecule has 0 fully saturated rings. The van der Waals surface area contributed by atoms with Crippen LogP contribution in [0, 0.1) is 6.92 Å².